The van der Waals surface area contributed by atoms with Crippen LogP contribution in [0.25, 0.3) is 0 Å². The molecule has 0 spiro atoms. The predicted molar refractivity (Wildman–Crippen MR) is 53.6 cm³/mol. The summed E-state index contributed by atoms with van der Waals surface area (Å²) in [6.45, 7) is 3.56. The van der Waals surface area contributed by atoms with Crippen molar-refractivity contribution in [3.63, 3.8) is 0 Å². The van der Waals surface area contributed by atoms with Crippen molar-refractivity contribution in [3.05, 3.63) is 0 Å². The number of nitrogens with one attached hydrogen (secondary N) is 1. The van der Waals surface area contributed by atoms with E-state index >= 15 is 0 Å². The lowest BCUT2D eigenvalue weighted by molar-refractivity contribution is 0.185. The Bertz CT molecular complexity index is 177. The average molecular weight is 183 g/mol. The minimum Gasteiger partial charge on any atom is -0.394 e. The Morgan fingerprint density at radius 3 is 2.54 bits per heavy atom. The van der Waals surface area contributed by atoms with Crippen LogP contribution in [0, 0.1) is 11.8 Å². The van der Waals surface area contributed by atoms with Crippen molar-refractivity contribution < 1.29 is 5.11 Å². The molecule has 1 heterocycles. The number of aliphatic hydroxyl groups excluding tert-OH is 1. The first kappa shape index (κ1) is 9.47. The monoisotopic (exact) mass is 183 g/mol. The number of hydrogen-bond acceptors (Lipinski definition) is 2. The first-order chi connectivity index (χ1) is 6.23. The van der Waals surface area contributed by atoms with E-state index < -0.39 is 0 Å². The smallest absolute Gasteiger partial charge is 0.0610 e. The molecule has 2 unspecified atom stereocenters. The third-order valence-electron chi connectivity index (χ3n) is 3.92. The normalized spacial score (nSPS) is 41.5. The van der Waals surface area contributed by atoms with Crippen molar-refractivity contribution in [1.82, 2.24) is 5.32 Å². The Kier molecular flexibility index (Phi) is 2.61. The van der Waals surface area contributed by atoms with Crippen LogP contribution < -0.4 is 5.32 Å². The summed E-state index contributed by atoms with van der Waals surface area (Å²) in [6.07, 6.45) is 6.88. The SMILES string of the molecule is CC1(CO)CC(C2CCCC2)CN1. The van der Waals surface area contributed by atoms with Crippen molar-refractivity contribution in [3.8, 4) is 0 Å². The second-order valence-corrected chi connectivity index (χ2v) is 5.11. The Labute approximate surface area is 80.7 Å². The van der Waals surface area contributed by atoms with E-state index in [1.165, 1.54) is 32.1 Å². The maximum Gasteiger partial charge on any atom is 0.0610 e. The predicted octanol–water partition coefficient (Wildman–Crippen LogP) is 1.54. The summed E-state index contributed by atoms with van der Waals surface area (Å²) < 4.78 is 0. The summed E-state index contributed by atoms with van der Waals surface area (Å²) in [5.41, 5.74) is 0.0211. The highest BCUT2D eigenvalue weighted by Crippen LogP contribution is 2.38. The van der Waals surface area contributed by atoms with Crippen LogP contribution in [0.15, 0.2) is 0 Å². The van der Waals surface area contributed by atoms with Gasteiger partial charge < -0.3 is 10.4 Å². The van der Waals surface area contributed by atoms with Crippen LogP contribution >= 0.6 is 0 Å². The summed E-state index contributed by atoms with van der Waals surface area (Å²) in [4.78, 5) is 0. The lowest BCUT2D eigenvalue weighted by Gasteiger charge is -2.22. The van der Waals surface area contributed by atoms with E-state index in [4.69, 9.17) is 0 Å². The minimum absolute atomic E-state index is 0.0211. The second-order valence-electron chi connectivity index (χ2n) is 5.11. The molecule has 2 rings (SSSR count). The van der Waals surface area contributed by atoms with Crippen LogP contribution in [0.1, 0.15) is 39.0 Å². The number of hydrogen-bond donors (Lipinski definition) is 2. The van der Waals surface area contributed by atoms with Crippen LogP contribution in [-0.4, -0.2) is 23.8 Å². The summed E-state index contributed by atoms with van der Waals surface area (Å²) in [6, 6.07) is 0. The van der Waals surface area contributed by atoms with E-state index in [9.17, 15) is 5.11 Å². The molecule has 0 aromatic heterocycles. The highest BCUT2D eigenvalue weighted by Gasteiger charge is 2.38. The molecule has 0 aromatic rings. The van der Waals surface area contributed by atoms with Crippen molar-refractivity contribution in [1.29, 1.82) is 0 Å². The number of aliphatic hydroxyl groups is 1. The topological polar surface area (TPSA) is 32.3 Å². The molecule has 2 aliphatic rings. The van der Waals surface area contributed by atoms with Gasteiger partial charge in [0.15, 0.2) is 0 Å². The van der Waals surface area contributed by atoms with Gasteiger partial charge in [-0.1, -0.05) is 25.7 Å². The third-order valence-corrected chi connectivity index (χ3v) is 3.92. The Hall–Kier alpha value is -0.0800. The average Bonchev–Trinajstić information content (AvgIpc) is 2.73. The molecule has 2 atom stereocenters. The molecule has 0 radical (unpaired) electrons. The van der Waals surface area contributed by atoms with Gasteiger partial charge >= 0.3 is 0 Å². The van der Waals surface area contributed by atoms with Gasteiger partial charge in [-0.25, -0.2) is 0 Å². The summed E-state index contributed by atoms with van der Waals surface area (Å²) in [5, 5.41) is 12.7. The largest absolute Gasteiger partial charge is 0.394 e. The van der Waals surface area contributed by atoms with E-state index in [2.05, 4.69) is 12.2 Å². The Morgan fingerprint density at radius 2 is 2.00 bits per heavy atom. The third kappa shape index (κ3) is 1.89. The van der Waals surface area contributed by atoms with Crippen molar-refractivity contribution in [2.24, 2.45) is 11.8 Å². The maximum absolute atomic E-state index is 9.22. The maximum atomic E-state index is 9.22. The fourth-order valence-electron chi connectivity index (χ4n) is 2.98. The van der Waals surface area contributed by atoms with E-state index in [-0.39, 0.29) is 12.1 Å². The minimum atomic E-state index is 0.0211. The van der Waals surface area contributed by atoms with E-state index in [0.717, 1.165) is 18.4 Å². The van der Waals surface area contributed by atoms with Gasteiger partial charge in [-0.15, -0.1) is 0 Å². The Balaban J connectivity index is 1.90. The van der Waals surface area contributed by atoms with Gasteiger partial charge in [-0.3, -0.25) is 0 Å². The molecule has 2 nitrogen and oxygen atoms in total. The molecule has 1 saturated carbocycles. The van der Waals surface area contributed by atoms with Gasteiger partial charge in [-0.05, 0) is 31.7 Å². The molecule has 1 aliphatic carbocycles. The highest BCUT2D eigenvalue weighted by atomic mass is 16.3. The zero-order valence-electron chi connectivity index (χ0n) is 8.55. The van der Waals surface area contributed by atoms with Crippen LogP contribution in [0.5, 0.6) is 0 Å². The molecule has 1 saturated heterocycles. The molecule has 0 bridgehead atoms. The zero-order chi connectivity index (χ0) is 9.31. The van der Waals surface area contributed by atoms with Gasteiger partial charge in [0, 0.05) is 5.54 Å². The molecule has 1 aliphatic heterocycles. The fraction of sp³-hybridized carbons (Fsp3) is 1.00. The molecule has 2 fully saturated rings. The number of rotatable bonds is 2. The van der Waals surface area contributed by atoms with Crippen molar-refractivity contribution in [2.45, 2.75) is 44.6 Å². The molecular weight excluding hydrogens is 162 g/mol. The molecule has 0 amide bonds. The first-order valence-corrected chi connectivity index (χ1v) is 5.59. The van der Waals surface area contributed by atoms with Gasteiger partial charge in [-0.2, -0.15) is 0 Å². The molecule has 2 heteroatoms. The molecule has 0 aromatic carbocycles. The van der Waals surface area contributed by atoms with Gasteiger partial charge in [0.05, 0.1) is 6.61 Å². The van der Waals surface area contributed by atoms with Gasteiger partial charge in [0.1, 0.15) is 0 Å². The van der Waals surface area contributed by atoms with Crippen LogP contribution in [0.3, 0.4) is 0 Å². The summed E-state index contributed by atoms with van der Waals surface area (Å²) in [7, 11) is 0. The fourth-order valence-corrected chi connectivity index (χ4v) is 2.98. The van der Waals surface area contributed by atoms with Crippen molar-refractivity contribution >= 4 is 0 Å². The van der Waals surface area contributed by atoms with Gasteiger partial charge in [0.25, 0.3) is 0 Å². The van der Waals surface area contributed by atoms with Crippen LogP contribution in [0.2, 0.25) is 0 Å². The van der Waals surface area contributed by atoms with Gasteiger partial charge in [0.2, 0.25) is 0 Å². The lowest BCUT2D eigenvalue weighted by Crippen LogP contribution is -2.39. The van der Waals surface area contributed by atoms with E-state index in [1.54, 1.807) is 0 Å². The summed E-state index contributed by atoms with van der Waals surface area (Å²) in [5.74, 6) is 1.78. The molecule has 2 N–H and O–H groups in total. The molecular formula is C11H21NO. The van der Waals surface area contributed by atoms with E-state index in [0.29, 0.717) is 0 Å². The second kappa shape index (κ2) is 3.58. The van der Waals surface area contributed by atoms with E-state index in [1.807, 2.05) is 0 Å². The highest BCUT2D eigenvalue weighted by molar-refractivity contribution is 4.95. The van der Waals surface area contributed by atoms with Crippen molar-refractivity contribution in [2.75, 3.05) is 13.2 Å². The molecule has 13 heavy (non-hydrogen) atoms. The summed E-state index contributed by atoms with van der Waals surface area (Å²) >= 11 is 0. The zero-order valence-corrected chi connectivity index (χ0v) is 8.55. The van der Waals surface area contributed by atoms with Crippen LogP contribution in [0.4, 0.5) is 0 Å². The van der Waals surface area contributed by atoms with Crippen LogP contribution in [-0.2, 0) is 0 Å². The molecule has 76 valence electrons. The quantitative estimate of drug-likeness (QED) is 0.680. The standard InChI is InChI=1S/C11H21NO/c1-11(8-13)6-10(7-12-11)9-4-2-3-5-9/h9-10,12-13H,2-8H2,1H3. The Morgan fingerprint density at radius 1 is 1.31 bits per heavy atom. The first-order valence-electron chi connectivity index (χ1n) is 5.59. The lowest BCUT2D eigenvalue weighted by atomic mass is 9.85.